The number of sulfonamides is 1. The highest BCUT2D eigenvalue weighted by molar-refractivity contribution is 7.89. The van der Waals surface area contributed by atoms with Crippen molar-refractivity contribution in [2.75, 3.05) is 25.0 Å². The monoisotopic (exact) mass is 420 g/mol. The molecule has 29 heavy (non-hydrogen) atoms. The van der Waals surface area contributed by atoms with Crippen LogP contribution in [0.15, 0.2) is 52.0 Å². The van der Waals surface area contributed by atoms with Crippen LogP contribution in [0.4, 0.5) is 5.69 Å². The summed E-state index contributed by atoms with van der Waals surface area (Å²) in [5.41, 5.74) is 0.873. The Morgan fingerprint density at radius 3 is 2.55 bits per heavy atom. The third-order valence-corrected chi connectivity index (χ3v) is 6.26. The molecule has 0 saturated carbocycles. The Morgan fingerprint density at radius 2 is 1.93 bits per heavy atom. The minimum Gasteiger partial charge on any atom is -0.465 e. The molecule has 1 aromatic carbocycles. The molecule has 0 bridgehead atoms. The summed E-state index contributed by atoms with van der Waals surface area (Å²) in [4.78, 5) is 23.8. The van der Waals surface area contributed by atoms with Crippen LogP contribution in [-0.2, 0) is 24.3 Å². The number of amides is 1. The van der Waals surface area contributed by atoms with E-state index >= 15 is 0 Å². The Morgan fingerprint density at radius 1 is 1.21 bits per heavy atom. The van der Waals surface area contributed by atoms with Crippen LogP contribution in [0.2, 0.25) is 0 Å². The molecule has 0 spiro atoms. The molecule has 1 amide bonds. The van der Waals surface area contributed by atoms with Crippen LogP contribution < -0.4 is 5.32 Å². The topological polar surface area (TPSA) is 106 Å². The number of rotatable bonds is 9. The van der Waals surface area contributed by atoms with E-state index in [2.05, 4.69) is 5.32 Å². The average Bonchev–Trinajstić information content (AvgIpc) is 3.20. The lowest BCUT2D eigenvalue weighted by Crippen LogP contribution is -2.31. The van der Waals surface area contributed by atoms with Crippen molar-refractivity contribution in [1.82, 2.24) is 4.31 Å². The highest BCUT2D eigenvalue weighted by Crippen LogP contribution is 2.23. The molecule has 2 aromatic rings. The molecule has 2 rings (SSSR count). The molecule has 0 aliphatic heterocycles. The summed E-state index contributed by atoms with van der Waals surface area (Å²) in [6, 6.07) is 7.95. The molecule has 0 radical (unpaired) electrons. The van der Waals surface area contributed by atoms with Crippen LogP contribution >= 0.6 is 0 Å². The number of hydrogen-bond donors (Lipinski definition) is 1. The van der Waals surface area contributed by atoms with Crippen LogP contribution in [0.1, 0.15) is 25.2 Å². The highest BCUT2D eigenvalue weighted by Gasteiger charge is 2.24. The molecule has 156 valence electrons. The third-order valence-electron chi connectivity index (χ3n) is 4.07. The van der Waals surface area contributed by atoms with Crippen LogP contribution in [0.25, 0.3) is 6.08 Å². The fourth-order valence-corrected chi connectivity index (χ4v) is 4.29. The second kappa shape index (κ2) is 10.0. The standard InChI is InChI=1S/C20H24N2O6S/c1-4-22(5-2)29(25,26)18-13-16(9-8-15(18)3)21-19(23)14-28-20(24)11-10-17-7-6-12-27-17/h6-13H,4-5,14H2,1-3H3,(H,21,23)/b11-10+. The number of carbonyl (C=O) groups is 2. The van der Waals surface area contributed by atoms with Gasteiger partial charge in [0, 0.05) is 24.9 Å². The van der Waals surface area contributed by atoms with Crippen LogP contribution in [0.3, 0.4) is 0 Å². The van der Waals surface area contributed by atoms with Crippen LogP contribution in [0, 0.1) is 6.92 Å². The van der Waals surface area contributed by atoms with Crippen molar-refractivity contribution in [2.24, 2.45) is 0 Å². The number of anilines is 1. The maximum atomic E-state index is 12.8. The van der Waals surface area contributed by atoms with E-state index in [0.717, 1.165) is 6.08 Å². The Kier molecular flexibility index (Phi) is 7.74. The van der Waals surface area contributed by atoms with Crippen LogP contribution in [-0.4, -0.2) is 44.3 Å². The van der Waals surface area contributed by atoms with E-state index in [9.17, 15) is 18.0 Å². The maximum absolute atomic E-state index is 12.8. The Balaban J connectivity index is 2.01. The molecule has 1 heterocycles. The number of ether oxygens (including phenoxy) is 1. The van der Waals surface area contributed by atoms with Crippen molar-refractivity contribution >= 4 is 33.7 Å². The zero-order valence-electron chi connectivity index (χ0n) is 16.5. The van der Waals surface area contributed by atoms with Gasteiger partial charge in [0.05, 0.1) is 11.2 Å². The summed E-state index contributed by atoms with van der Waals surface area (Å²) >= 11 is 0. The summed E-state index contributed by atoms with van der Waals surface area (Å²) in [6.07, 6.45) is 4.03. The summed E-state index contributed by atoms with van der Waals surface area (Å²) in [5.74, 6) is -0.807. The predicted octanol–water partition coefficient (Wildman–Crippen LogP) is 2.81. The third kappa shape index (κ3) is 6.03. The number of nitrogens with zero attached hydrogens (tertiary/aromatic N) is 1. The molecule has 0 unspecified atom stereocenters. The van der Waals surface area contributed by atoms with Crippen molar-refractivity contribution in [1.29, 1.82) is 0 Å². The minimum atomic E-state index is -3.67. The maximum Gasteiger partial charge on any atom is 0.331 e. The quantitative estimate of drug-likeness (QED) is 0.494. The van der Waals surface area contributed by atoms with Gasteiger partial charge in [0.15, 0.2) is 6.61 Å². The number of furan rings is 1. The predicted molar refractivity (Wildman–Crippen MR) is 109 cm³/mol. The lowest BCUT2D eigenvalue weighted by atomic mass is 10.2. The number of carbonyl (C=O) groups excluding carboxylic acids is 2. The first-order valence-corrected chi connectivity index (χ1v) is 10.5. The summed E-state index contributed by atoms with van der Waals surface area (Å²) in [7, 11) is -3.67. The summed E-state index contributed by atoms with van der Waals surface area (Å²) in [6.45, 7) is 5.39. The molecule has 8 nitrogen and oxygen atoms in total. The number of hydrogen-bond acceptors (Lipinski definition) is 6. The van der Waals surface area contributed by atoms with E-state index < -0.39 is 28.5 Å². The number of nitrogens with one attached hydrogen (secondary N) is 1. The zero-order valence-corrected chi connectivity index (χ0v) is 17.4. The van der Waals surface area contributed by atoms with Crippen LogP contribution in [0.5, 0.6) is 0 Å². The molecule has 0 fully saturated rings. The van der Waals surface area contributed by atoms with Gasteiger partial charge in [0.25, 0.3) is 5.91 Å². The second-order valence-electron chi connectivity index (χ2n) is 6.07. The molecular formula is C20H24N2O6S. The van der Waals surface area contributed by atoms with E-state index in [1.807, 2.05) is 0 Å². The Bertz CT molecular complexity index is 976. The largest absolute Gasteiger partial charge is 0.465 e. The van der Waals surface area contributed by atoms with E-state index in [0.29, 0.717) is 30.1 Å². The van der Waals surface area contributed by atoms with Crippen molar-refractivity contribution in [2.45, 2.75) is 25.7 Å². The van der Waals surface area contributed by atoms with E-state index in [1.54, 1.807) is 45.0 Å². The fourth-order valence-electron chi connectivity index (χ4n) is 2.58. The number of aryl methyl sites for hydroxylation is 1. The van der Waals surface area contributed by atoms with Crippen molar-refractivity contribution in [3.63, 3.8) is 0 Å². The van der Waals surface area contributed by atoms with Gasteiger partial charge in [-0.05, 0) is 42.8 Å². The van der Waals surface area contributed by atoms with Gasteiger partial charge < -0.3 is 14.5 Å². The Labute approximate surface area is 170 Å². The molecule has 0 atom stereocenters. The van der Waals surface area contributed by atoms with Crippen molar-refractivity contribution in [3.8, 4) is 0 Å². The first-order valence-electron chi connectivity index (χ1n) is 9.07. The molecule has 1 N–H and O–H groups in total. The molecular weight excluding hydrogens is 396 g/mol. The molecule has 0 saturated heterocycles. The summed E-state index contributed by atoms with van der Waals surface area (Å²) < 4.78 is 36.8. The van der Waals surface area contributed by atoms with Gasteiger partial charge in [0.2, 0.25) is 10.0 Å². The lowest BCUT2D eigenvalue weighted by Gasteiger charge is -2.20. The highest BCUT2D eigenvalue weighted by atomic mass is 32.2. The molecule has 9 heteroatoms. The molecule has 1 aromatic heterocycles. The lowest BCUT2D eigenvalue weighted by molar-refractivity contribution is -0.142. The first kappa shape index (κ1) is 22.4. The van der Waals surface area contributed by atoms with Crippen molar-refractivity contribution in [3.05, 3.63) is 54.0 Å². The molecule has 0 aliphatic rings. The van der Waals surface area contributed by atoms with Gasteiger partial charge in [0.1, 0.15) is 5.76 Å². The first-order chi connectivity index (χ1) is 13.8. The van der Waals surface area contributed by atoms with Gasteiger partial charge in [-0.15, -0.1) is 0 Å². The van der Waals surface area contributed by atoms with E-state index in [1.165, 1.54) is 22.7 Å². The van der Waals surface area contributed by atoms with Crippen molar-refractivity contribution < 1.29 is 27.2 Å². The summed E-state index contributed by atoms with van der Waals surface area (Å²) in [5, 5.41) is 2.54. The minimum absolute atomic E-state index is 0.123. The Hall–Kier alpha value is -2.91. The average molecular weight is 420 g/mol. The van der Waals surface area contributed by atoms with E-state index in [-0.39, 0.29) is 4.90 Å². The normalized spacial score (nSPS) is 11.7. The SMILES string of the molecule is CCN(CC)S(=O)(=O)c1cc(NC(=O)COC(=O)/C=C/c2ccco2)ccc1C. The second-order valence-corrected chi connectivity index (χ2v) is 7.98. The van der Waals surface area contributed by atoms with Gasteiger partial charge in [-0.2, -0.15) is 4.31 Å². The zero-order chi connectivity index (χ0) is 21.4. The van der Waals surface area contributed by atoms with E-state index in [4.69, 9.17) is 9.15 Å². The smallest absolute Gasteiger partial charge is 0.331 e. The van der Waals surface area contributed by atoms with Gasteiger partial charge >= 0.3 is 5.97 Å². The number of benzene rings is 1. The van der Waals surface area contributed by atoms with Gasteiger partial charge in [-0.1, -0.05) is 19.9 Å². The molecule has 0 aliphatic carbocycles. The fraction of sp³-hybridized carbons (Fsp3) is 0.300. The van der Waals surface area contributed by atoms with Gasteiger partial charge in [-0.3, -0.25) is 4.79 Å². The van der Waals surface area contributed by atoms with Gasteiger partial charge in [-0.25, -0.2) is 13.2 Å². The number of esters is 1.